The number of amides is 1. The zero-order chi connectivity index (χ0) is 21.7. The Morgan fingerprint density at radius 2 is 1.83 bits per heavy atom. The van der Waals surface area contributed by atoms with Crippen molar-refractivity contribution in [1.29, 1.82) is 0 Å². The monoisotopic (exact) mass is 414 g/mol. The van der Waals surface area contributed by atoms with E-state index >= 15 is 0 Å². The fraction of sp³-hybridized carbons (Fsp3) is 0.381. The van der Waals surface area contributed by atoms with E-state index in [9.17, 15) is 14.9 Å². The number of ether oxygens (including phenoxy) is 2. The topological polar surface area (TPSA) is 97.2 Å². The maximum absolute atomic E-state index is 12.8. The third kappa shape index (κ3) is 4.80. The molecule has 0 aliphatic carbocycles. The maximum atomic E-state index is 12.8. The number of hydrogen-bond acceptors (Lipinski definition) is 7. The van der Waals surface area contributed by atoms with E-state index in [1.165, 1.54) is 25.3 Å². The van der Waals surface area contributed by atoms with Crippen LogP contribution in [0.4, 0.5) is 17.1 Å². The molecule has 9 nitrogen and oxygen atoms in total. The smallest absolute Gasteiger partial charge is 0.271 e. The van der Waals surface area contributed by atoms with E-state index in [1.807, 2.05) is 31.2 Å². The van der Waals surface area contributed by atoms with Crippen molar-refractivity contribution in [2.45, 2.75) is 13.0 Å². The molecule has 1 N–H and O–H groups in total. The van der Waals surface area contributed by atoms with Gasteiger partial charge in [-0.15, -0.1) is 0 Å². The molecular weight excluding hydrogens is 388 g/mol. The van der Waals surface area contributed by atoms with Crippen LogP contribution >= 0.6 is 0 Å². The Morgan fingerprint density at radius 1 is 1.10 bits per heavy atom. The molecular formula is C21H26N4O5. The fourth-order valence-corrected chi connectivity index (χ4v) is 3.48. The van der Waals surface area contributed by atoms with Gasteiger partial charge in [-0.3, -0.25) is 19.8 Å². The minimum absolute atomic E-state index is 0.106. The molecule has 1 heterocycles. The summed E-state index contributed by atoms with van der Waals surface area (Å²) in [6, 6.07) is 11.7. The first-order valence-electron chi connectivity index (χ1n) is 9.69. The summed E-state index contributed by atoms with van der Waals surface area (Å²) in [5.41, 5.74) is 1.27. The van der Waals surface area contributed by atoms with Crippen LogP contribution in [0.25, 0.3) is 0 Å². The van der Waals surface area contributed by atoms with Crippen LogP contribution in [0, 0.1) is 10.1 Å². The van der Waals surface area contributed by atoms with Gasteiger partial charge in [-0.1, -0.05) is 6.07 Å². The number of benzene rings is 2. The number of piperazine rings is 1. The van der Waals surface area contributed by atoms with E-state index in [4.69, 9.17) is 9.47 Å². The first-order chi connectivity index (χ1) is 14.4. The fourth-order valence-electron chi connectivity index (χ4n) is 3.48. The second-order valence-electron chi connectivity index (χ2n) is 7.03. The lowest BCUT2D eigenvalue weighted by Gasteiger charge is -2.38. The molecule has 0 aromatic heterocycles. The molecule has 1 amide bonds. The summed E-state index contributed by atoms with van der Waals surface area (Å²) < 4.78 is 10.5. The van der Waals surface area contributed by atoms with E-state index in [1.54, 1.807) is 7.11 Å². The van der Waals surface area contributed by atoms with Crippen LogP contribution < -0.4 is 19.7 Å². The molecule has 0 spiro atoms. The molecule has 1 saturated heterocycles. The zero-order valence-corrected chi connectivity index (χ0v) is 17.3. The van der Waals surface area contributed by atoms with Crippen LogP contribution in [-0.4, -0.2) is 62.2 Å². The summed E-state index contributed by atoms with van der Waals surface area (Å²) in [4.78, 5) is 27.7. The molecule has 9 heteroatoms. The Balaban J connectivity index is 1.62. The molecule has 0 radical (unpaired) electrons. The van der Waals surface area contributed by atoms with Gasteiger partial charge in [-0.05, 0) is 25.1 Å². The summed E-state index contributed by atoms with van der Waals surface area (Å²) in [5, 5.41) is 13.8. The van der Waals surface area contributed by atoms with Gasteiger partial charge in [0.2, 0.25) is 5.91 Å². The highest BCUT2D eigenvalue weighted by Crippen LogP contribution is 2.29. The lowest BCUT2D eigenvalue weighted by atomic mass is 10.2. The first-order valence-corrected chi connectivity index (χ1v) is 9.69. The molecule has 1 atom stereocenters. The average Bonchev–Trinajstić information content (AvgIpc) is 2.78. The van der Waals surface area contributed by atoms with Gasteiger partial charge < -0.3 is 19.7 Å². The molecule has 30 heavy (non-hydrogen) atoms. The maximum Gasteiger partial charge on any atom is 0.271 e. The summed E-state index contributed by atoms with van der Waals surface area (Å²) in [5.74, 6) is 0.959. The lowest BCUT2D eigenvalue weighted by molar-refractivity contribution is -0.384. The molecule has 0 saturated carbocycles. The van der Waals surface area contributed by atoms with Crippen molar-refractivity contribution in [2.75, 3.05) is 50.6 Å². The van der Waals surface area contributed by atoms with Crippen molar-refractivity contribution >= 4 is 23.0 Å². The normalized spacial score (nSPS) is 15.4. The Kier molecular flexibility index (Phi) is 6.73. The first kappa shape index (κ1) is 21.4. The van der Waals surface area contributed by atoms with Gasteiger partial charge in [-0.25, -0.2) is 0 Å². The zero-order valence-electron chi connectivity index (χ0n) is 17.3. The minimum Gasteiger partial charge on any atom is -0.497 e. The van der Waals surface area contributed by atoms with E-state index in [2.05, 4.69) is 15.1 Å². The van der Waals surface area contributed by atoms with Crippen LogP contribution in [-0.2, 0) is 4.79 Å². The largest absolute Gasteiger partial charge is 0.497 e. The van der Waals surface area contributed by atoms with Crippen molar-refractivity contribution in [2.24, 2.45) is 0 Å². The van der Waals surface area contributed by atoms with E-state index in [0.717, 1.165) is 37.6 Å². The highest BCUT2D eigenvalue weighted by molar-refractivity contribution is 5.96. The van der Waals surface area contributed by atoms with Crippen LogP contribution in [0.5, 0.6) is 11.5 Å². The Labute approximate surface area is 175 Å². The summed E-state index contributed by atoms with van der Waals surface area (Å²) in [7, 11) is 3.10. The number of hydrogen-bond donors (Lipinski definition) is 1. The van der Waals surface area contributed by atoms with E-state index in [0.29, 0.717) is 11.4 Å². The SMILES string of the molecule is COc1cccc(N2CCN([C@H](C)C(=O)Nc3cc([N+](=O)[O-])ccc3OC)CC2)c1. The molecule has 0 bridgehead atoms. The van der Waals surface area contributed by atoms with Gasteiger partial charge in [0, 0.05) is 50.1 Å². The molecule has 1 fully saturated rings. The molecule has 2 aromatic carbocycles. The predicted octanol–water partition coefficient (Wildman–Crippen LogP) is 2.76. The predicted molar refractivity (Wildman–Crippen MR) is 115 cm³/mol. The van der Waals surface area contributed by atoms with Crippen molar-refractivity contribution in [3.05, 3.63) is 52.6 Å². The lowest BCUT2D eigenvalue weighted by Crippen LogP contribution is -2.52. The number of carbonyl (C=O) groups is 1. The van der Waals surface area contributed by atoms with Crippen molar-refractivity contribution in [3.8, 4) is 11.5 Å². The van der Waals surface area contributed by atoms with Crippen LogP contribution in [0.3, 0.4) is 0 Å². The summed E-state index contributed by atoms with van der Waals surface area (Å²) in [6.45, 7) is 4.84. The van der Waals surface area contributed by atoms with Crippen molar-refractivity contribution < 1.29 is 19.2 Å². The van der Waals surface area contributed by atoms with E-state index < -0.39 is 4.92 Å². The second-order valence-corrected chi connectivity index (χ2v) is 7.03. The third-order valence-electron chi connectivity index (χ3n) is 5.31. The Hall–Kier alpha value is -3.33. The van der Waals surface area contributed by atoms with Gasteiger partial charge in [0.15, 0.2) is 0 Å². The standard InChI is InChI=1S/C21H26N4O5/c1-15(21(26)22-19-14-17(25(27)28)7-8-20(19)30-3)23-9-11-24(12-10-23)16-5-4-6-18(13-16)29-2/h4-8,13-15H,9-12H2,1-3H3,(H,22,26)/t15-/m1/s1. The van der Waals surface area contributed by atoms with Gasteiger partial charge in [-0.2, -0.15) is 0 Å². The van der Waals surface area contributed by atoms with E-state index in [-0.39, 0.29) is 17.6 Å². The third-order valence-corrected chi connectivity index (χ3v) is 5.31. The van der Waals surface area contributed by atoms with Gasteiger partial charge >= 0.3 is 0 Å². The number of nitro groups is 1. The quantitative estimate of drug-likeness (QED) is 0.550. The number of nitrogens with zero attached hydrogens (tertiary/aromatic N) is 3. The minimum atomic E-state index is -0.504. The van der Waals surface area contributed by atoms with Gasteiger partial charge in [0.1, 0.15) is 11.5 Å². The molecule has 1 aliphatic heterocycles. The number of anilines is 2. The van der Waals surface area contributed by atoms with Gasteiger partial charge in [0.25, 0.3) is 5.69 Å². The number of nitrogens with one attached hydrogen (secondary N) is 1. The van der Waals surface area contributed by atoms with Crippen molar-refractivity contribution in [3.63, 3.8) is 0 Å². The number of carbonyl (C=O) groups excluding carboxylic acids is 1. The van der Waals surface area contributed by atoms with Crippen LogP contribution in [0.15, 0.2) is 42.5 Å². The Morgan fingerprint density at radius 3 is 2.47 bits per heavy atom. The number of non-ortho nitro benzene ring substituents is 1. The summed E-state index contributed by atoms with van der Waals surface area (Å²) in [6.07, 6.45) is 0. The number of nitro benzene ring substituents is 1. The highest BCUT2D eigenvalue weighted by atomic mass is 16.6. The highest BCUT2D eigenvalue weighted by Gasteiger charge is 2.27. The number of methoxy groups -OCH3 is 2. The average molecular weight is 414 g/mol. The van der Waals surface area contributed by atoms with Gasteiger partial charge in [0.05, 0.1) is 30.9 Å². The van der Waals surface area contributed by atoms with Crippen molar-refractivity contribution in [1.82, 2.24) is 4.90 Å². The summed E-state index contributed by atoms with van der Waals surface area (Å²) >= 11 is 0. The molecule has 160 valence electrons. The number of rotatable bonds is 7. The molecule has 0 unspecified atom stereocenters. The Bertz CT molecular complexity index is 912. The van der Waals surface area contributed by atoms with Crippen LogP contribution in [0.2, 0.25) is 0 Å². The molecule has 3 rings (SSSR count). The molecule has 1 aliphatic rings. The van der Waals surface area contributed by atoms with Crippen LogP contribution in [0.1, 0.15) is 6.92 Å². The molecule has 2 aromatic rings. The second kappa shape index (κ2) is 9.45.